The predicted molar refractivity (Wildman–Crippen MR) is 83.2 cm³/mol. The molecule has 0 bridgehead atoms. The highest BCUT2D eigenvalue weighted by molar-refractivity contribution is 5.72. The highest BCUT2D eigenvalue weighted by atomic mass is 19.1. The Morgan fingerprint density at radius 1 is 1.36 bits per heavy atom. The van der Waals surface area contributed by atoms with Crippen LogP contribution >= 0.6 is 0 Å². The highest BCUT2D eigenvalue weighted by Gasteiger charge is 2.43. The number of nitrogens with two attached hydrogens (primary N) is 1. The average Bonchev–Trinajstić information content (AvgIpc) is 2.91. The topological polar surface area (TPSA) is 85.0 Å². The number of ether oxygens (including phenoxy) is 2. The first-order chi connectivity index (χ1) is 11.8. The van der Waals surface area contributed by atoms with Gasteiger partial charge in [-0.3, -0.25) is 5.21 Å². The van der Waals surface area contributed by atoms with E-state index < -0.39 is 23.2 Å². The Kier molecular flexibility index (Phi) is 4.22. The number of carbonyl (C=O) groups is 1. The van der Waals surface area contributed by atoms with Gasteiger partial charge < -0.3 is 15.2 Å². The molecule has 2 aromatic carbocycles. The van der Waals surface area contributed by atoms with Gasteiger partial charge in [0.05, 0.1) is 5.56 Å². The lowest BCUT2D eigenvalue weighted by atomic mass is 9.94. The first-order valence-corrected chi connectivity index (χ1v) is 7.44. The standard InChI is InChI=1S/C17H16F2N2O4/c1-17(21(23)16(20)22)9-25-15-7-10(5-6-12(15)17)24-8-11-13(18)3-2-4-14(11)19/h2-7,23H,8-9H2,1H3,(H2,20,22)/t17-/m1/s1. The fourth-order valence-corrected chi connectivity index (χ4v) is 2.70. The Hall–Kier alpha value is -2.87. The largest absolute Gasteiger partial charge is 0.490 e. The van der Waals surface area contributed by atoms with E-state index in [0.29, 0.717) is 22.1 Å². The third-order valence-electron chi connectivity index (χ3n) is 4.16. The van der Waals surface area contributed by atoms with E-state index >= 15 is 0 Å². The zero-order chi connectivity index (χ0) is 18.2. The summed E-state index contributed by atoms with van der Waals surface area (Å²) in [5.41, 5.74) is 4.35. The number of hydrogen-bond acceptors (Lipinski definition) is 4. The summed E-state index contributed by atoms with van der Waals surface area (Å²) in [6, 6.07) is 7.25. The smallest absolute Gasteiger partial charge is 0.339 e. The lowest BCUT2D eigenvalue weighted by Gasteiger charge is -2.30. The summed E-state index contributed by atoms with van der Waals surface area (Å²) in [5.74, 6) is -0.673. The second-order valence-electron chi connectivity index (χ2n) is 5.86. The number of hydrogen-bond donors (Lipinski definition) is 2. The minimum Gasteiger partial charge on any atom is -0.490 e. The molecule has 0 spiro atoms. The summed E-state index contributed by atoms with van der Waals surface area (Å²) < 4.78 is 38.1. The van der Waals surface area contributed by atoms with Gasteiger partial charge in [0.2, 0.25) is 0 Å². The van der Waals surface area contributed by atoms with Crippen molar-refractivity contribution in [3.05, 3.63) is 59.2 Å². The van der Waals surface area contributed by atoms with Crippen LogP contribution < -0.4 is 15.2 Å². The second-order valence-corrected chi connectivity index (χ2v) is 5.86. The van der Waals surface area contributed by atoms with Gasteiger partial charge in [-0.15, -0.1) is 0 Å². The summed E-state index contributed by atoms with van der Waals surface area (Å²) in [6.07, 6.45) is 0. The van der Waals surface area contributed by atoms with Gasteiger partial charge in [0.15, 0.2) is 0 Å². The molecule has 1 aliphatic heterocycles. The van der Waals surface area contributed by atoms with E-state index in [1.165, 1.54) is 12.1 Å². The Bertz CT molecular complexity index is 810. The van der Waals surface area contributed by atoms with Crippen molar-refractivity contribution < 1.29 is 28.3 Å². The van der Waals surface area contributed by atoms with Gasteiger partial charge in [0.1, 0.15) is 41.9 Å². The van der Waals surface area contributed by atoms with Gasteiger partial charge in [0, 0.05) is 11.6 Å². The van der Waals surface area contributed by atoms with Gasteiger partial charge in [-0.2, -0.15) is 5.06 Å². The third kappa shape index (κ3) is 2.96. The molecule has 6 nitrogen and oxygen atoms in total. The number of amides is 2. The number of carbonyl (C=O) groups excluding carboxylic acids is 1. The molecular weight excluding hydrogens is 334 g/mol. The molecule has 132 valence electrons. The van der Waals surface area contributed by atoms with Crippen molar-refractivity contribution in [1.29, 1.82) is 0 Å². The van der Waals surface area contributed by atoms with Crippen LogP contribution in [0.25, 0.3) is 0 Å². The second kappa shape index (κ2) is 6.21. The van der Waals surface area contributed by atoms with E-state index in [9.17, 15) is 18.8 Å². The number of hydroxylamine groups is 2. The molecule has 0 fully saturated rings. The van der Waals surface area contributed by atoms with Crippen LogP contribution in [0.5, 0.6) is 11.5 Å². The molecule has 0 aliphatic carbocycles. The van der Waals surface area contributed by atoms with E-state index in [0.717, 1.165) is 12.1 Å². The van der Waals surface area contributed by atoms with Crippen molar-refractivity contribution >= 4 is 6.03 Å². The molecule has 3 rings (SSSR count). The van der Waals surface area contributed by atoms with Crippen LogP contribution in [0.3, 0.4) is 0 Å². The number of halogens is 2. The van der Waals surface area contributed by atoms with Crippen molar-refractivity contribution in [1.82, 2.24) is 5.06 Å². The Morgan fingerprint density at radius 2 is 2.04 bits per heavy atom. The molecule has 8 heteroatoms. The SMILES string of the molecule is C[C@@]1(N(O)C(N)=O)COc2cc(OCc3c(F)cccc3F)ccc21. The monoisotopic (exact) mass is 350 g/mol. The normalized spacial score (nSPS) is 18.4. The number of urea groups is 1. The first kappa shape index (κ1) is 17.0. The third-order valence-corrected chi connectivity index (χ3v) is 4.16. The van der Waals surface area contributed by atoms with Crippen LogP contribution in [-0.2, 0) is 12.1 Å². The summed E-state index contributed by atoms with van der Waals surface area (Å²) in [4.78, 5) is 11.2. The van der Waals surface area contributed by atoms with Crippen LogP contribution in [0.15, 0.2) is 36.4 Å². The number of rotatable bonds is 4. The first-order valence-electron chi connectivity index (χ1n) is 7.44. The molecule has 2 amide bonds. The molecule has 3 N–H and O–H groups in total. The zero-order valence-electron chi connectivity index (χ0n) is 13.3. The quantitative estimate of drug-likeness (QED) is 0.656. The van der Waals surface area contributed by atoms with Gasteiger partial charge in [-0.25, -0.2) is 13.6 Å². The maximum absolute atomic E-state index is 13.6. The molecule has 1 heterocycles. The maximum atomic E-state index is 13.6. The molecule has 25 heavy (non-hydrogen) atoms. The van der Waals surface area contributed by atoms with Crippen molar-refractivity contribution in [3.63, 3.8) is 0 Å². The van der Waals surface area contributed by atoms with E-state index in [1.54, 1.807) is 19.1 Å². The molecule has 1 aliphatic rings. The fraction of sp³-hybridized carbons (Fsp3) is 0.235. The van der Waals surface area contributed by atoms with Crippen molar-refractivity contribution in [2.75, 3.05) is 6.61 Å². The van der Waals surface area contributed by atoms with E-state index in [1.807, 2.05) is 0 Å². The molecule has 0 aromatic heterocycles. The van der Waals surface area contributed by atoms with Crippen LogP contribution in [0, 0.1) is 11.6 Å². The zero-order valence-corrected chi connectivity index (χ0v) is 13.3. The van der Waals surface area contributed by atoms with Crippen LogP contribution in [0.2, 0.25) is 0 Å². The highest BCUT2D eigenvalue weighted by Crippen LogP contribution is 2.42. The molecule has 2 aromatic rings. The Balaban J connectivity index is 1.80. The van der Waals surface area contributed by atoms with Crippen molar-refractivity contribution in [2.24, 2.45) is 5.73 Å². The maximum Gasteiger partial charge on any atom is 0.339 e. The summed E-state index contributed by atoms with van der Waals surface area (Å²) >= 11 is 0. The van der Waals surface area contributed by atoms with Crippen LogP contribution in [0.1, 0.15) is 18.1 Å². The Morgan fingerprint density at radius 3 is 2.68 bits per heavy atom. The lowest BCUT2D eigenvalue weighted by molar-refractivity contribution is -0.125. The van der Waals surface area contributed by atoms with E-state index in [2.05, 4.69) is 0 Å². The van der Waals surface area contributed by atoms with Gasteiger partial charge >= 0.3 is 6.03 Å². The van der Waals surface area contributed by atoms with Crippen LogP contribution in [0.4, 0.5) is 13.6 Å². The van der Waals surface area contributed by atoms with Crippen molar-refractivity contribution in [3.8, 4) is 11.5 Å². The molecule has 1 atom stereocenters. The minimum atomic E-state index is -1.13. The fourth-order valence-electron chi connectivity index (χ4n) is 2.70. The van der Waals surface area contributed by atoms with Gasteiger partial charge in [0.25, 0.3) is 0 Å². The molecular formula is C17H16F2N2O4. The summed E-state index contributed by atoms with van der Waals surface area (Å²) in [5, 5.41) is 10.3. The van der Waals surface area contributed by atoms with E-state index in [-0.39, 0.29) is 18.8 Å². The molecule has 0 unspecified atom stereocenters. The number of nitrogens with zero attached hydrogens (tertiary/aromatic N) is 1. The van der Waals surface area contributed by atoms with Gasteiger partial charge in [-0.05, 0) is 31.2 Å². The van der Waals surface area contributed by atoms with Gasteiger partial charge in [-0.1, -0.05) is 6.07 Å². The summed E-state index contributed by atoms with van der Waals surface area (Å²) in [7, 11) is 0. The molecule has 0 saturated carbocycles. The number of fused-ring (bicyclic) bond motifs is 1. The summed E-state index contributed by atoms with van der Waals surface area (Å²) in [6.45, 7) is 1.31. The lowest BCUT2D eigenvalue weighted by Crippen LogP contribution is -2.49. The number of benzene rings is 2. The predicted octanol–water partition coefficient (Wildman–Crippen LogP) is 2.92. The minimum absolute atomic E-state index is 0.00711. The van der Waals surface area contributed by atoms with E-state index in [4.69, 9.17) is 15.2 Å². The van der Waals surface area contributed by atoms with Crippen molar-refractivity contribution in [2.45, 2.75) is 19.1 Å². The average molecular weight is 350 g/mol. The number of primary amides is 1. The molecule has 0 saturated heterocycles. The Labute approximate surface area is 142 Å². The van der Waals surface area contributed by atoms with Crippen LogP contribution in [-0.4, -0.2) is 22.9 Å². The molecule has 0 radical (unpaired) electrons.